The van der Waals surface area contributed by atoms with Gasteiger partial charge in [0.25, 0.3) is 0 Å². The van der Waals surface area contributed by atoms with Gasteiger partial charge in [-0.2, -0.15) is 0 Å². The third-order valence-electron chi connectivity index (χ3n) is 4.92. The summed E-state index contributed by atoms with van der Waals surface area (Å²) < 4.78 is 1.90. The topological polar surface area (TPSA) is 51.0 Å². The summed E-state index contributed by atoms with van der Waals surface area (Å²) >= 11 is 7.77. The molecule has 144 valence electrons. The Hall–Kier alpha value is -2.31. The van der Waals surface area contributed by atoms with E-state index in [0.717, 1.165) is 37.1 Å². The summed E-state index contributed by atoms with van der Waals surface area (Å²) in [4.78, 5) is 15.2. The summed E-state index contributed by atoms with van der Waals surface area (Å²) in [5.74, 6) is 0.824. The second kappa shape index (κ2) is 8.37. The molecular formula is C21H21ClN4OS. The SMILES string of the molecule is Cn1c(S[C@H](C(=O)N2CCCC2)c2ccccc2)nnc1-c1ccccc1Cl. The zero-order valence-corrected chi connectivity index (χ0v) is 17.2. The van der Waals surface area contributed by atoms with Crippen molar-refractivity contribution in [2.75, 3.05) is 13.1 Å². The first-order valence-electron chi connectivity index (χ1n) is 9.30. The highest BCUT2D eigenvalue weighted by atomic mass is 35.5. The van der Waals surface area contributed by atoms with Crippen LogP contribution < -0.4 is 0 Å². The van der Waals surface area contributed by atoms with Gasteiger partial charge in [0.05, 0.1) is 5.02 Å². The molecule has 1 fully saturated rings. The van der Waals surface area contributed by atoms with E-state index >= 15 is 0 Å². The highest BCUT2D eigenvalue weighted by Gasteiger charge is 2.30. The van der Waals surface area contributed by atoms with Crippen LogP contribution in [0.2, 0.25) is 5.02 Å². The molecule has 2 aromatic carbocycles. The number of rotatable bonds is 5. The number of thioether (sulfide) groups is 1. The van der Waals surface area contributed by atoms with E-state index < -0.39 is 0 Å². The minimum Gasteiger partial charge on any atom is -0.341 e. The molecule has 1 saturated heterocycles. The lowest BCUT2D eigenvalue weighted by Crippen LogP contribution is -2.31. The van der Waals surface area contributed by atoms with Gasteiger partial charge in [0, 0.05) is 25.7 Å². The third kappa shape index (κ3) is 3.80. The number of benzene rings is 2. The number of carbonyl (C=O) groups excluding carboxylic acids is 1. The third-order valence-corrected chi connectivity index (χ3v) is 6.52. The van der Waals surface area contributed by atoms with Gasteiger partial charge in [0.15, 0.2) is 11.0 Å². The molecule has 1 aliphatic heterocycles. The van der Waals surface area contributed by atoms with Crippen molar-refractivity contribution in [3.63, 3.8) is 0 Å². The van der Waals surface area contributed by atoms with Crippen molar-refractivity contribution in [3.05, 3.63) is 65.2 Å². The van der Waals surface area contributed by atoms with E-state index in [2.05, 4.69) is 10.2 Å². The first-order valence-corrected chi connectivity index (χ1v) is 10.6. The zero-order chi connectivity index (χ0) is 19.5. The van der Waals surface area contributed by atoms with Gasteiger partial charge < -0.3 is 9.47 Å². The van der Waals surface area contributed by atoms with Crippen molar-refractivity contribution in [1.82, 2.24) is 19.7 Å². The predicted molar refractivity (Wildman–Crippen MR) is 112 cm³/mol. The first-order chi connectivity index (χ1) is 13.6. The fourth-order valence-electron chi connectivity index (χ4n) is 3.39. The Labute approximate surface area is 173 Å². The van der Waals surface area contributed by atoms with Gasteiger partial charge in [-0.15, -0.1) is 10.2 Å². The smallest absolute Gasteiger partial charge is 0.240 e. The van der Waals surface area contributed by atoms with Crippen LogP contribution in [0.25, 0.3) is 11.4 Å². The predicted octanol–water partition coefficient (Wildman–Crippen LogP) is 4.59. The van der Waals surface area contributed by atoms with Crippen LogP contribution in [-0.2, 0) is 11.8 Å². The van der Waals surface area contributed by atoms with Gasteiger partial charge in [0.2, 0.25) is 5.91 Å². The fourth-order valence-corrected chi connectivity index (χ4v) is 4.70. The maximum atomic E-state index is 13.2. The van der Waals surface area contributed by atoms with Crippen molar-refractivity contribution in [2.24, 2.45) is 7.05 Å². The maximum absolute atomic E-state index is 13.2. The normalized spacial score (nSPS) is 15.0. The second-order valence-electron chi connectivity index (χ2n) is 6.79. The van der Waals surface area contributed by atoms with Gasteiger partial charge in [-0.05, 0) is 30.5 Å². The molecule has 0 saturated carbocycles. The van der Waals surface area contributed by atoms with E-state index in [-0.39, 0.29) is 11.2 Å². The van der Waals surface area contributed by atoms with Crippen molar-refractivity contribution in [1.29, 1.82) is 0 Å². The zero-order valence-electron chi connectivity index (χ0n) is 15.6. The number of likely N-dealkylation sites (tertiary alicyclic amines) is 1. The molecule has 0 spiro atoms. The molecule has 0 unspecified atom stereocenters. The number of nitrogens with zero attached hydrogens (tertiary/aromatic N) is 4. The lowest BCUT2D eigenvalue weighted by Gasteiger charge is -2.22. The molecule has 5 nitrogen and oxygen atoms in total. The summed E-state index contributed by atoms with van der Waals surface area (Å²) in [6.07, 6.45) is 2.14. The molecule has 2 heterocycles. The van der Waals surface area contributed by atoms with E-state index in [1.54, 1.807) is 0 Å². The van der Waals surface area contributed by atoms with Gasteiger partial charge >= 0.3 is 0 Å². The van der Waals surface area contributed by atoms with Crippen molar-refractivity contribution < 1.29 is 4.79 Å². The Balaban J connectivity index is 1.66. The molecule has 3 aromatic rings. The average molecular weight is 413 g/mol. The Bertz CT molecular complexity index is 970. The minimum absolute atomic E-state index is 0.135. The largest absolute Gasteiger partial charge is 0.341 e. The molecule has 0 radical (unpaired) electrons. The highest BCUT2D eigenvalue weighted by Crippen LogP contribution is 2.38. The molecule has 0 bridgehead atoms. The summed E-state index contributed by atoms with van der Waals surface area (Å²) in [5, 5.41) is 9.66. The van der Waals surface area contributed by atoms with E-state index in [4.69, 9.17) is 11.6 Å². The van der Waals surface area contributed by atoms with E-state index in [0.29, 0.717) is 16.0 Å². The van der Waals surface area contributed by atoms with Crippen molar-refractivity contribution in [2.45, 2.75) is 23.2 Å². The molecule has 1 aliphatic rings. The van der Waals surface area contributed by atoms with Crippen LogP contribution in [0.5, 0.6) is 0 Å². The molecule has 4 rings (SSSR count). The van der Waals surface area contributed by atoms with Crippen molar-refractivity contribution >= 4 is 29.3 Å². The van der Waals surface area contributed by atoms with Gasteiger partial charge in [-0.1, -0.05) is 65.8 Å². The maximum Gasteiger partial charge on any atom is 0.240 e. The number of hydrogen-bond acceptors (Lipinski definition) is 4. The molecule has 0 aliphatic carbocycles. The molecule has 7 heteroatoms. The summed E-state index contributed by atoms with van der Waals surface area (Å²) in [6.45, 7) is 1.65. The Morgan fingerprint density at radius 2 is 1.71 bits per heavy atom. The van der Waals surface area contributed by atoms with Crippen LogP contribution in [0.15, 0.2) is 59.8 Å². The van der Waals surface area contributed by atoms with E-state index in [1.807, 2.05) is 71.1 Å². The van der Waals surface area contributed by atoms with Crippen LogP contribution in [0.3, 0.4) is 0 Å². The standard InChI is InChI=1S/C21H21ClN4OS/c1-25-19(16-11-5-6-12-17(16)22)23-24-21(25)28-18(15-9-3-2-4-10-15)20(27)26-13-7-8-14-26/h2-6,9-12,18H,7-8,13-14H2,1H3/t18-/m0/s1. The Morgan fingerprint density at radius 1 is 1.04 bits per heavy atom. The number of aromatic nitrogens is 3. The summed E-state index contributed by atoms with van der Waals surface area (Å²) in [6, 6.07) is 17.5. The van der Waals surface area contributed by atoms with Crippen LogP contribution in [0.4, 0.5) is 0 Å². The quantitative estimate of drug-likeness (QED) is 0.575. The highest BCUT2D eigenvalue weighted by molar-refractivity contribution is 8.00. The minimum atomic E-state index is -0.346. The average Bonchev–Trinajstić information content (AvgIpc) is 3.37. The molecule has 1 atom stereocenters. The van der Waals surface area contributed by atoms with Gasteiger partial charge in [-0.25, -0.2) is 0 Å². The van der Waals surface area contributed by atoms with Crippen LogP contribution in [0, 0.1) is 0 Å². The van der Waals surface area contributed by atoms with Crippen LogP contribution >= 0.6 is 23.4 Å². The summed E-state index contributed by atoms with van der Waals surface area (Å²) in [5.41, 5.74) is 1.81. The molecular weight excluding hydrogens is 392 g/mol. The number of halogens is 1. The van der Waals surface area contributed by atoms with E-state index in [1.165, 1.54) is 11.8 Å². The van der Waals surface area contributed by atoms with E-state index in [9.17, 15) is 4.79 Å². The Morgan fingerprint density at radius 3 is 2.43 bits per heavy atom. The van der Waals surface area contributed by atoms with Gasteiger partial charge in [-0.3, -0.25) is 4.79 Å². The number of carbonyl (C=O) groups is 1. The van der Waals surface area contributed by atoms with Crippen LogP contribution in [-0.4, -0.2) is 38.7 Å². The Kier molecular flexibility index (Phi) is 5.69. The molecule has 1 aromatic heterocycles. The molecule has 0 N–H and O–H groups in total. The first kappa shape index (κ1) is 19.0. The number of amides is 1. The number of hydrogen-bond donors (Lipinski definition) is 0. The monoisotopic (exact) mass is 412 g/mol. The summed E-state index contributed by atoms with van der Waals surface area (Å²) in [7, 11) is 1.91. The second-order valence-corrected chi connectivity index (χ2v) is 8.27. The lowest BCUT2D eigenvalue weighted by atomic mass is 10.1. The molecule has 1 amide bonds. The van der Waals surface area contributed by atoms with Gasteiger partial charge in [0.1, 0.15) is 5.25 Å². The van der Waals surface area contributed by atoms with Crippen molar-refractivity contribution in [3.8, 4) is 11.4 Å². The molecule has 28 heavy (non-hydrogen) atoms. The fraction of sp³-hybridized carbons (Fsp3) is 0.286. The van der Waals surface area contributed by atoms with Crippen LogP contribution in [0.1, 0.15) is 23.7 Å². The lowest BCUT2D eigenvalue weighted by molar-refractivity contribution is -0.129.